The van der Waals surface area contributed by atoms with Gasteiger partial charge in [-0.15, -0.1) is 10.2 Å². The van der Waals surface area contributed by atoms with E-state index < -0.39 is 0 Å². The molecule has 24 heavy (non-hydrogen) atoms. The van der Waals surface area contributed by atoms with Gasteiger partial charge < -0.3 is 10.2 Å². The van der Waals surface area contributed by atoms with Crippen LogP contribution in [-0.2, 0) is 16.0 Å². The predicted octanol–water partition coefficient (Wildman–Crippen LogP) is 2.65. The molecule has 6 nitrogen and oxygen atoms in total. The summed E-state index contributed by atoms with van der Waals surface area (Å²) < 4.78 is 0. The first-order valence-electron chi connectivity index (χ1n) is 8.06. The van der Waals surface area contributed by atoms with E-state index in [0.29, 0.717) is 11.7 Å². The van der Waals surface area contributed by atoms with Gasteiger partial charge in [-0.25, -0.2) is 0 Å². The molecule has 0 unspecified atom stereocenters. The Kier molecular flexibility index (Phi) is 4.89. The molecule has 3 rings (SSSR count). The van der Waals surface area contributed by atoms with Crippen LogP contribution in [0, 0.1) is 5.92 Å². The van der Waals surface area contributed by atoms with E-state index in [2.05, 4.69) is 15.5 Å². The van der Waals surface area contributed by atoms with Crippen LogP contribution in [-0.4, -0.2) is 33.5 Å². The third kappa shape index (κ3) is 3.46. The van der Waals surface area contributed by atoms with Gasteiger partial charge in [0.25, 0.3) is 0 Å². The highest BCUT2D eigenvalue weighted by Gasteiger charge is 2.37. The number of anilines is 1. The number of nitrogens with one attached hydrogen (secondary N) is 1. The molecule has 2 aromatic rings. The second-order valence-electron chi connectivity index (χ2n) is 5.88. The number of amides is 2. The minimum absolute atomic E-state index is 0.0121. The van der Waals surface area contributed by atoms with E-state index in [1.807, 2.05) is 44.2 Å². The summed E-state index contributed by atoms with van der Waals surface area (Å²) in [6.45, 7) is 4.41. The van der Waals surface area contributed by atoms with Gasteiger partial charge in [0.15, 0.2) is 0 Å². The second kappa shape index (κ2) is 7.09. The molecule has 2 amide bonds. The maximum atomic E-state index is 12.4. The van der Waals surface area contributed by atoms with E-state index >= 15 is 0 Å². The summed E-state index contributed by atoms with van der Waals surface area (Å²) in [4.78, 5) is 26.5. The minimum Gasteiger partial charge on any atom is -0.335 e. The Bertz CT molecular complexity index is 731. The molecule has 0 radical (unpaired) electrons. The van der Waals surface area contributed by atoms with Crippen LogP contribution in [0.3, 0.4) is 0 Å². The Hall–Kier alpha value is -2.28. The molecule has 1 saturated heterocycles. The van der Waals surface area contributed by atoms with Gasteiger partial charge in [0.05, 0.1) is 12.0 Å². The molecule has 1 fully saturated rings. The summed E-state index contributed by atoms with van der Waals surface area (Å²) in [7, 11) is 0. The summed E-state index contributed by atoms with van der Waals surface area (Å²) in [5.41, 5.74) is 1.07. The first kappa shape index (κ1) is 16.6. The van der Waals surface area contributed by atoms with Gasteiger partial charge in [0.1, 0.15) is 5.01 Å². The van der Waals surface area contributed by atoms with E-state index in [9.17, 15) is 9.59 Å². The van der Waals surface area contributed by atoms with Crippen molar-refractivity contribution in [2.24, 2.45) is 5.92 Å². The van der Waals surface area contributed by atoms with Crippen molar-refractivity contribution in [3.8, 4) is 0 Å². The van der Waals surface area contributed by atoms with Crippen molar-refractivity contribution in [2.45, 2.75) is 32.7 Å². The Morgan fingerprint density at radius 1 is 1.38 bits per heavy atom. The van der Waals surface area contributed by atoms with Crippen molar-refractivity contribution in [3.63, 3.8) is 0 Å². The molecule has 1 N–H and O–H groups in total. The standard InChI is InChI=1S/C17H20N4O2S/c1-3-14-19-20-17(24-14)18-16(23)13-9-15(22)21(10-13)11(2)12-7-5-4-6-8-12/h4-8,11,13H,3,9-10H2,1-2H3,(H,18,20,23)/t11-,13-/m1/s1. The van der Waals surface area contributed by atoms with E-state index in [1.54, 1.807) is 4.90 Å². The van der Waals surface area contributed by atoms with Gasteiger partial charge in [0, 0.05) is 13.0 Å². The van der Waals surface area contributed by atoms with E-state index in [1.165, 1.54) is 11.3 Å². The van der Waals surface area contributed by atoms with Gasteiger partial charge >= 0.3 is 0 Å². The van der Waals surface area contributed by atoms with E-state index in [-0.39, 0.29) is 30.2 Å². The molecule has 1 aromatic carbocycles. The van der Waals surface area contributed by atoms with Gasteiger partial charge in [-0.2, -0.15) is 0 Å². The highest BCUT2D eigenvalue weighted by atomic mass is 32.1. The average Bonchev–Trinajstić information content (AvgIpc) is 3.21. The summed E-state index contributed by atoms with van der Waals surface area (Å²) in [6.07, 6.45) is 1.03. The molecule has 0 aliphatic carbocycles. The van der Waals surface area contributed by atoms with Crippen molar-refractivity contribution >= 4 is 28.3 Å². The van der Waals surface area contributed by atoms with Crippen molar-refractivity contribution in [1.82, 2.24) is 15.1 Å². The second-order valence-corrected chi connectivity index (χ2v) is 6.94. The highest BCUT2D eigenvalue weighted by Crippen LogP contribution is 2.29. The van der Waals surface area contributed by atoms with Crippen molar-refractivity contribution in [1.29, 1.82) is 0 Å². The summed E-state index contributed by atoms with van der Waals surface area (Å²) in [6, 6.07) is 9.82. The van der Waals surface area contributed by atoms with E-state index in [0.717, 1.165) is 17.0 Å². The quantitative estimate of drug-likeness (QED) is 0.905. The largest absolute Gasteiger partial charge is 0.335 e. The average molecular weight is 344 g/mol. The van der Waals surface area contributed by atoms with Crippen LogP contribution in [0.4, 0.5) is 5.13 Å². The molecule has 0 saturated carbocycles. The third-order valence-corrected chi connectivity index (χ3v) is 5.26. The predicted molar refractivity (Wildman–Crippen MR) is 92.6 cm³/mol. The number of benzene rings is 1. The Labute approximate surface area is 144 Å². The SMILES string of the molecule is CCc1nnc(NC(=O)[C@@H]2CC(=O)N([C@H](C)c3ccccc3)C2)s1. The minimum atomic E-state index is -0.349. The fourth-order valence-corrected chi connectivity index (χ4v) is 3.53. The van der Waals surface area contributed by atoms with Crippen LogP contribution in [0.25, 0.3) is 0 Å². The van der Waals surface area contributed by atoms with Crippen LogP contribution in [0.1, 0.15) is 36.9 Å². The number of hydrogen-bond donors (Lipinski definition) is 1. The Balaban J connectivity index is 1.64. The molecule has 2 atom stereocenters. The fraction of sp³-hybridized carbons (Fsp3) is 0.412. The molecule has 0 bridgehead atoms. The maximum Gasteiger partial charge on any atom is 0.231 e. The summed E-state index contributed by atoms with van der Waals surface area (Å²) in [5, 5.41) is 12.1. The number of rotatable bonds is 5. The topological polar surface area (TPSA) is 75.2 Å². The van der Waals surface area contributed by atoms with Gasteiger partial charge in [-0.1, -0.05) is 48.6 Å². The lowest BCUT2D eigenvalue weighted by molar-refractivity contribution is -0.129. The van der Waals surface area contributed by atoms with Gasteiger partial charge in [-0.3, -0.25) is 9.59 Å². The Morgan fingerprint density at radius 2 is 2.12 bits per heavy atom. The van der Waals surface area contributed by atoms with Gasteiger partial charge in [0.2, 0.25) is 16.9 Å². The van der Waals surface area contributed by atoms with Crippen LogP contribution in [0.5, 0.6) is 0 Å². The monoisotopic (exact) mass is 344 g/mol. The maximum absolute atomic E-state index is 12.4. The van der Waals surface area contributed by atoms with Crippen molar-refractivity contribution in [2.75, 3.05) is 11.9 Å². The summed E-state index contributed by atoms with van der Waals surface area (Å²) in [5.74, 6) is -0.499. The molecule has 126 valence electrons. The van der Waals surface area contributed by atoms with Crippen molar-refractivity contribution < 1.29 is 9.59 Å². The number of carbonyl (C=O) groups is 2. The number of aromatic nitrogens is 2. The summed E-state index contributed by atoms with van der Waals surface area (Å²) >= 11 is 1.37. The number of hydrogen-bond acceptors (Lipinski definition) is 5. The van der Waals surface area contributed by atoms with Crippen LogP contribution < -0.4 is 5.32 Å². The van der Waals surface area contributed by atoms with Crippen LogP contribution >= 0.6 is 11.3 Å². The molecule has 2 heterocycles. The number of nitrogens with zero attached hydrogens (tertiary/aromatic N) is 3. The normalized spacial score (nSPS) is 18.7. The molecule has 1 aromatic heterocycles. The smallest absolute Gasteiger partial charge is 0.231 e. The lowest BCUT2D eigenvalue weighted by atomic mass is 10.1. The fourth-order valence-electron chi connectivity index (χ4n) is 2.85. The molecule has 1 aliphatic rings. The van der Waals surface area contributed by atoms with Crippen LogP contribution in [0.15, 0.2) is 30.3 Å². The first-order chi connectivity index (χ1) is 11.6. The molecular weight excluding hydrogens is 324 g/mol. The van der Waals surface area contributed by atoms with Crippen molar-refractivity contribution in [3.05, 3.63) is 40.9 Å². The zero-order chi connectivity index (χ0) is 17.1. The molecular formula is C17H20N4O2S. The van der Waals surface area contributed by atoms with Crippen LogP contribution in [0.2, 0.25) is 0 Å². The highest BCUT2D eigenvalue weighted by molar-refractivity contribution is 7.15. The molecule has 0 spiro atoms. The molecule has 1 aliphatic heterocycles. The number of likely N-dealkylation sites (tertiary alicyclic amines) is 1. The van der Waals surface area contributed by atoms with E-state index in [4.69, 9.17) is 0 Å². The zero-order valence-corrected chi connectivity index (χ0v) is 14.5. The Morgan fingerprint density at radius 3 is 2.79 bits per heavy atom. The zero-order valence-electron chi connectivity index (χ0n) is 13.7. The number of carbonyl (C=O) groups excluding carboxylic acids is 2. The first-order valence-corrected chi connectivity index (χ1v) is 8.87. The third-order valence-electron chi connectivity index (χ3n) is 4.28. The number of aryl methyl sites for hydroxylation is 1. The lowest BCUT2D eigenvalue weighted by Gasteiger charge is -2.25. The lowest BCUT2D eigenvalue weighted by Crippen LogP contribution is -2.30. The van der Waals surface area contributed by atoms with Gasteiger partial charge in [-0.05, 0) is 18.9 Å². The molecule has 7 heteroatoms.